The number of aromatic amines is 1. The van der Waals surface area contributed by atoms with Gasteiger partial charge in [0.2, 0.25) is 0 Å². The van der Waals surface area contributed by atoms with E-state index in [1.165, 1.54) is 6.07 Å². The molecule has 0 saturated carbocycles. The highest BCUT2D eigenvalue weighted by Gasteiger charge is 2.35. The molecule has 4 rings (SSSR count). The van der Waals surface area contributed by atoms with Gasteiger partial charge < -0.3 is 15.7 Å². The van der Waals surface area contributed by atoms with E-state index < -0.39 is 6.10 Å². The van der Waals surface area contributed by atoms with Crippen LogP contribution in [0.2, 0.25) is 0 Å². The summed E-state index contributed by atoms with van der Waals surface area (Å²) in [6.45, 7) is 0.807. The Morgan fingerprint density at radius 3 is 2.96 bits per heavy atom. The summed E-state index contributed by atoms with van der Waals surface area (Å²) in [6, 6.07) is 11.4. The second-order valence-electron chi connectivity index (χ2n) is 6.44. The number of benzene rings is 1. The lowest BCUT2D eigenvalue weighted by Gasteiger charge is -2.16. The minimum absolute atomic E-state index is 0.0185. The summed E-state index contributed by atoms with van der Waals surface area (Å²) in [5.74, 6) is 0.0725. The molecule has 0 unspecified atom stereocenters. The van der Waals surface area contributed by atoms with Crippen molar-refractivity contribution in [1.82, 2.24) is 20.1 Å². The van der Waals surface area contributed by atoms with E-state index in [4.69, 9.17) is 5.73 Å². The van der Waals surface area contributed by atoms with E-state index in [1.807, 2.05) is 30.3 Å². The Labute approximate surface area is 144 Å². The van der Waals surface area contributed by atoms with Crippen molar-refractivity contribution < 1.29 is 9.90 Å². The van der Waals surface area contributed by atoms with E-state index in [1.54, 1.807) is 11.1 Å². The summed E-state index contributed by atoms with van der Waals surface area (Å²) in [6.07, 6.45) is 1.92. The number of fused-ring (bicyclic) bond motifs is 1. The monoisotopic (exact) mass is 337 g/mol. The fraction of sp³-hybridized carbons (Fsp3) is 0.278. The van der Waals surface area contributed by atoms with E-state index in [9.17, 15) is 9.90 Å². The summed E-state index contributed by atoms with van der Waals surface area (Å²) in [7, 11) is 0. The number of nitrogen functional groups attached to an aromatic ring is 1. The van der Waals surface area contributed by atoms with Gasteiger partial charge in [-0.3, -0.25) is 14.9 Å². The highest BCUT2D eigenvalue weighted by atomic mass is 16.3. The molecule has 0 bridgehead atoms. The number of likely N-dealkylation sites (tertiary alicyclic amines) is 1. The number of anilines is 1. The summed E-state index contributed by atoms with van der Waals surface area (Å²) in [4.78, 5) is 18.5. The standard InChI is InChI=1S/C18H19N5O2/c19-17-8-15(21-22-17)18(25)23-9-12(16(24)10-23)7-11-5-6-20-14-4-2-1-3-13(11)14/h1-6,8,12,16,24H,7,9-10H2,(H3,19,21,22)/t12-,16-/m1/s1. The molecule has 4 N–H and O–H groups in total. The van der Waals surface area contributed by atoms with Crippen molar-refractivity contribution in [2.45, 2.75) is 12.5 Å². The molecule has 1 amide bonds. The van der Waals surface area contributed by atoms with E-state index in [0.717, 1.165) is 16.5 Å². The van der Waals surface area contributed by atoms with Crippen LogP contribution >= 0.6 is 0 Å². The number of aliphatic hydroxyl groups excluding tert-OH is 1. The molecule has 0 aliphatic carbocycles. The van der Waals surface area contributed by atoms with Crippen molar-refractivity contribution in [3.05, 3.63) is 53.9 Å². The van der Waals surface area contributed by atoms with E-state index in [-0.39, 0.29) is 17.6 Å². The zero-order valence-electron chi connectivity index (χ0n) is 13.6. The lowest BCUT2D eigenvalue weighted by Crippen LogP contribution is -2.29. The normalized spacial score (nSPS) is 20.3. The van der Waals surface area contributed by atoms with Gasteiger partial charge in [-0.2, -0.15) is 5.10 Å². The quantitative estimate of drug-likeness (QED) is 0.666. The molecule has 1 saturated heterocycles. The third-order valence-electron chi connectivity index (χ3n) is 4.74. The lowest BCUT2D eigenvalue weighted by atomic mass is 9.94. The number of nitrogens with two attached hydrogens (primary N) is 1. The van der Waals surface area contributed by atoms with Crippen LogP contribution in [0.4, 0.5) is 5.82 Å². The second-order valence-corrected chi connectivity index (χ2v) is 6.44. The van der Waals surface area contributed by atoms with Crippen LogP contribution in [0.3, 0.4) is 0 Å². The van der Waals surface area contributed by atoms with Gasteiger partial charge in [-0.05, 0) is 24.1 Å². The number of amides is 1. The predicted octanol–water partition coefficient (Wildman–Crippen LogP) is 1.22. The van der Waals surface area contributed by atoms with Gasteiger partial charge in [0, 0.05) is 36.7 Å². The summed E-state index contributed by atoms with van der Waals surface area (Å²) < 4.78 is 0. The van der Waals surface area contributed by atoms with Crippen LogP contribution in [0, 0.1) is 5.92 Å². The van der Waals surface area contributed by atoms with E-state index >= 15 is 0 Å². The smallest absolute Gasteiger partial charge is 0.272 e. The first-order valence-electron chi connectivity index (χ1n) is 8.22. The van der Waals surface area contributed by atoms with Crippen LogP contribution in [0.25, 0.3) is 10.9 Å². The first-order chi connectivity index (χ1) is 12.1. The Morgan fingerprint density at radius 1 is 1.32 bits per heavy atom. The summed E-state index contributed by atoms with van der Waals surface area (Å²) >= 11 is 0. The molecule has 128 valence electrons. The third-order valence-corrected chi connectivity index (χ3v) is 4.74. The average Bonchev–Trinajstić information content (AvgIpc) is 3.21. The molecule has 2 aromatic heterocycles. The molecular weight excluding hydrogens is 318 g/mol. The van der Waals surface area contributed by atoms with Crippen LogP contribution in [0.1, 0.15) is 16.1 Å². The van der Waals surface area contributed by atoms with Crippen LogP contribution in [-0.4, -0.2) is 50.3 Å². The summed E-state index contributed by atoms with van der Waals surface area (Å²) in [5.41, 5.74) is 7.98. The number of hydrogen-bond acceptors (Lipinski definition) is 5. The summed E-state index contributed by atoms with van der Waals surface area (Å²) in [5, 5.41) is 17.9. The maximum Gasteiger partial charge on any atom is 0.272 e. The lowest BCUT2D eigenvalue weighted by molar-refractivity contribution is 0.0759. The highest BCUT2D eigenvalue weighted by Crippen LogP contribution is 2.26. The number of pyridine rings is 1. The number of hydrogen-bond donors (Lipinski definition) is 3. The van der Waals surface area contributed by atoms with Crippen molar-refractivity contribution in [1.29, 1.82) is 0 Å². The van der Waals surface area contributed by atoms with Crippen molar-refractivity contribution >= 4 is 22.6 Å². The van der Waals surface area contributed by atoms with Crippen LogP contribution < -0.4 is 5.73 Å². The number of aromatic nitrogens is 3. The zero-order valence-corrected chi connectivity index (χ0v) is 13.6. The first kappa shape index (κ1) is 15.6. The van der Waals surface area contributed by atoms with E-state index in [2.05, 4.69) is 15.2 Å². The third kappa shape index (κ3) is 2.94. The zero-order chi connectivity index (χ0) is 17.4. The minimum atomic E-state index is -0.559. The highest BCUT2D eigenvalue weighted by molar-refractivity contribution is 5.93. The molecule has 2 atom stereocenters. The molecule has 1 aromatic carbocycles. The fourth-order valence-corrected chi connectivity index (χ4v) is 3.45. The van der Waals surface area contributed by atoms with Crippen molar-refractivity contribution in [2.24, 2.45) is 5.92 Å². The van der Waals surface area contributed by atoms with Gasteiger partial charge in [-0.1, -0.05) is 18.2 Å². The Hall–Kier alpha value is -2.93. The Kier molecular flexibility index (Phi) is 3.85. The van der Waals surface area contributed by atoms with Crippen LogP contribution in [-0.2, 0) is 6.42 Å². The molecular formula is C18H19N5O2. The van der Waals surface area contributed by atoms with Gasteiger partial charge >= 0.3 is 0 Å². The van der Waals surface area contributed by atoms with Crippen molar-refractivity contribution in [2.75, 3.05) is 18.8 Å². The van der Waals surface area contributed by atoms with Gasteiger partial charge in [0.05, 0.1) is 11.6 Å². The van der Waals surface area contributed by atoms with Gasteiger partial charge in [-0.25, -0.2) is 0 Å². The van der Waals surface area contributed by atoms with Crippen LogP contribution in [0.15, 0.2) is 42.6 Å². The van der Waals surface area contributed by atoms with Crippen molar-refractivity contribution in [3.63, 3.8) is 0 Å². The Morgan fingerprint density at radius 2 is 2.16 bits per heavy atom. The molecule has 0 spiro atoms. The number of nitrogens with zero attached hydrogens (tertiary/aromatic N) is 3. The molecule has 25 heavy (non-hydrogen) atoms. The molecule has 3 aromatic rings. The van der Waals surface area contributed by atoms with Gasteiger partial charge in [0.15, 0.2) is 0 Å². The molecule has 3 heterocycles. The molecule has 1 aliphatic rings. The van der Waals surface area contributed by atoms with Gasteiger partial charge in [-0.15, -0.1) is 0 Å². The Bertz CT molecular complexity index is 917. The number of carbonyl (C=O) groups is 1. The molecule has 7 heteroatoms. The number of para-hydroxylation sites is 1. The van der Waals surface area contributed by atoms with Crippen LogP contribution in [0.5, 0.6) is 0 Å². The fourth-order valence-electron chi connectivity index (χ4n) is 3.45. The topological polar surface area (TPSA) is 108 Å². The minimum Gasteiger partial charge on any atom is -0.391 e. The number of β-amino-alcohol motifs (C(OH)–C–C–N with tert-alkyl or cyclic N) is 1. The van der Waals surface area contributed by atoms with Crippen molar-refractivity contribution in [3.8, 4) is 0 Å². The molecule has 1 fully saturated rings. The largest absolute Gasteiger partial charge is 0.391 e. The number of carbonyl (C=O) groups excluding carboxylic acids is 1. The number of nitrogens with one attached hydrogen (secondary N) is 1. The SMILES string of the molecule is Nc1cc(C(=O)N2C[C@@H](Cc3ccnc4ccccc34)[C@H](O)C2)[nH]n1. The number of rotatable bonds is 3. The average molecular weight is 337 g/mol. The van der Waals surface area contributed by atoms with Gasteiger partial charge in [0.25, 0.3) is 5.91 Å². The maximum atomic E-state index is 12.5. The maximum absolute atomic E-state index is 12.5. The molecule has 0 radical (unpaired) electrons. The predicted molar refractivity (Wildman–Crippen MR) is 93.8 cm³/mol. The first-order valence-corrected chi connectivity index (χ1v) is 8.22. The van der Waals surface area contributed by atoms with Gasteiger partial charge in [0.1, 0.15) is 11.5 Å². The molecule has 1 aliphatic heterocycles. The molecule has 7 nitrogen and oxygen atoms in total. The Balaban J connectivity index is 1.53. The second kappa shape index (κ2) is 6.18. The number of H-pyrrole nitrogens is 1. The number of aliphatic hydroxyl groups is 1. The van der Waals surface area contributed by atoms with E-state index in [0.29, 0.717) is 25.2 Å².